The molecule has 0 bridgehead atoms. The summed E-state index contributed by atoms with van der Waals surface area (Å²) in [5, 5.41) is 10.9. The van der Waals surface area contributed by atoms with Gasteiger partial charge >= 0.3 is 0 Å². The van der Waals surface area contributed by atoms with Gasteiger partial charge in [0.05, 0.1) is 5.75 Å². The van der Waals surface area contributed by atoms with Crippen molar-refractivity contribution in [2.24, 2.45) is 23.2 Å². The lowest BCUT2D eigenvalue weighted by Gasteiger charge is -2.50. The van der Waals surface area contributed by atoms with Crippen molar-refractivity contribution in [2.45, 2.75) is 76.6 Å². The van der Waals surface area contributed by atoms with Crippen molar-refractivity contribution in [1.82, 2.24) is 0 Å². The molecule has 3 saturated carbocycles. The van der Waals surface area contributed by atoms with Crippen LogP contribution in [-0.4, -0.2) is 30.0 Å². The van der Waals surface area contributed by atoms with Crippen molar-refractivity contribution >= 4 is 15.6 Å². The molecule has 27 heavy (non-hydrogen) atoms. The zero-order chi connectivity index (χ0) is 19.4. The van der Waals surface area contributed by atoms with E-state index >= 15 is 0 Å². The maximum absolute atomic E-state index is 12.7. The van der Waals surface area contributed by atoms with Gasteiger partial charge in [-0.2, -0.15) is 0 Å². The first-order valence-electron chi connectivity index (χ1n) is 10.6. The number of unbranched alkanes of at least 4 members (excludes halogenated alkanes) is 1. The number of hydrogen-bond donors (Lipinski definition) is 1. The molecule has 4 rings (SSSR count). The van der Waals surface area contributed by atoms with Crippen molar-refractivity contribution in [3.63, 3.8) is 0 Å². The average Bonchev–Trinajstić information content (AvgIpc) is 2.94. The molecule has 0 aromatic carbocycles. The molecule has 5 heteroatoms. The van der Waals surface area contributed by atoms with Crippen molar-refractivity contribution in [1.29, 1.82) is 0 Å². The summed E-state index contributed by atoms with van der Waals surface area (Å²) < 4.78 is 25.4. The van der Waals surface area contributed by atoms with Gasteiger partial charge in [-0.05, 0) is 73.5 Å². The Morgan fingerprint density at radius 2 is 2.00 bits per heavy atom. The first kappa shape index (κ1) is 19.4. The Kier molecular flexibility index (Phi) is 4.70. The number of allylic oxidation sites excluding steroid dienone is 2. The molecule has 5 atom stereocenters. The first-order chi connectivity index (χ1) is 12.7. The summed E-state index contributed by atoms with van der Waals surface area (Å²) in [4.78, 5) is 10.7. The Morgan fingerprint density at radius 1 is 1.22 bits per heavy atom. The number of ketones is 1. The summed E-state index contributed by atoms with van der Waals surface area (Å²) in [5.74, 6) is 1.92. The lowest BCUT2D eigenvalue weighted by Crippen LogP contribution is -2.45. The van der Waals surface area contributed by atoms with E-state index in [2.05, 4.69) is 6.92 Å². The molecule has 1 N–H and O–H groups in total. The van der Waals surface area contributed by atoms with Crippen molar-refractivity contribution in [3.05, 3.63) is 23.3 Å². The Bertz CT molecular complexity index is 808. The van der Waals surface area contributed by atoms with E-state index in [0.717, 1.165) is 50.5 Å². The van der Waals surface area contributed by atoms with Crippen LogP contribution in [0.15, 0.2) is 23.3 Å². The normalized spacial score (nSPS) is 41.3. The molecule has 0 aromatic heterocycles. The smallest absolute Gasteiger partial charge is 0.188 e. The largest absolute Gasteiger partial charge is 0.371 e. The highest BCUT2D eigenvalue weighted by atomic mass is 32.2. The third kappa shape index (κ3) is 2.88. The van der Waals surface area contributed by atoms with Crippen molar-refractivity contribution in [3.8, 4) is 0 Å². The zero-order valence-electron chi connectivity index (χ0n) is 16.5. The number of Topliss-reactive ketones (excluding diaryl/α,β-unsaturated/α-hetero) is 1. The number of fused-ring (bicyclic) bond motifs is 5. The molecule has 4 aliphatic rings. The predicted octanol–water partition coefficient (Wildman–Crippen LogP) is 3.95. The van der Waals surface area contributed by atoms with Crippen LogP contribution in [0.25, 0.3) is 0 Å². The molecule has 1 unspecified atom stereocenters. The molecule has 0 spiro atoms. The van der Waals surface area contributed by atoms with E-state index in [4.69, 9.17) is 0 Å². The fraction of sp³-hybridized carbons (Fsp3) is 0.773. The second kappa shape index (κ2) is 6.55. The third-order valence-corrected chi connectivity index (χ3v) is 10.2. The molecular weight excluding hydrogens is 360 g/mol. The molecule has 0 amide bonds. The number of sulfone groups is 1. The van der Waals surface area contributed by atoms with E-state index in [9.17, 15) is 18.3 Å². The molecule has 0 saturated heterocycles. The maximum Gasteiger partial charge on any atom is 0.188 e. The second-order valence-corrected chi connectivity index (χ2v) is 11.7. The summed E-state index contributed by atoms with van der Waals surface area (Å²) in [6, 6.07) is 0. The van der Waals surface area contributed by atoms with Gasteiger partial charge < -0.3 is 5.11 Å². The Labute approximate surface area is 163 Å². The highest BCUT2D eigenvalue weighted by molar-refractivity contribution is 7.92. The average molecular weight is 393 g/mol. The molecule has 0 heterocycles. The van der Waals surface area contributed by atoms with E-state index in [1.165, 1.54) is 5.57 Å². The Hall–Kier alpha value is -0.940. The molecule has 150 valence electrons. The van der Waals surface area contributed by atoms with Gasteiger partial charge in [0.2, 0.25) is 0 Å². The maximum atomic E-state index is 12.7. The van der Waals surface area contributed by atoms with Crippen LogP contribution in [0.3, 0.4) is 0 Å². The van der Waals surface area contributed by atoms with Gasteiger partial charge in [-0.15, -0.1) is 0 Å². The minimum Gasteiger partial charge on any atom is -0.371 e. The number of carbonyl (C=O) groups excluding carboxylic acids is 1. The number of aliphatic hydroxyl groups is 1. The van der Waals surface area contributed by atoms with E-state index in [1.807, 2.05) is 13.0 Å². The minimum atomic E-state index is -3.57. The van der Waals surface area contributed by atoms with Crippen molar-refractivity contribution < 1.29 is 18.3 Å². The van der Waals surface area contributed by atoms with Crippen molar-refractivity contribution in [2.75, 3.05) is 5.75 Å². The number of rotatable bonds is 4. The van der Waals surface area contributed by atoms with Gasteiger partial charge in [-0.3, -0.25) is 4.79 Å². The summed E-state index contributed by atoms with van der Waals surface area (Å²) >= 11 is 0. The molecular formula is C22H32O4S. The van der Waals surface area contributed by atoms with Crippen LogP contribution in [0, 0.1) is 23.2 Å². The topological polar surface area (TPSA) is 71.4 Å². The Balaban J connectivity index is 1.59. The SMILES string of the molecule is CCCCS(=O)(=O)C1(O)C=C2CC[C@@H]3[C@H](CC[C@]4(C)C(=O)CC[C@@H]34)C2=CC1. The van der Waals surface area contributed by atoms with E-state index in [0.29, 0.717) is 30.0 Å². The molecule has 0 aromatic rings. The fourth-order valence-electron chi connectivity index (χ4n) is 6.31. The molecule has 4 aliphatic carbocycles. The molecule has 3 fully saturated rings. The number of hydrogen-bond acceptors (Lipinski definition) is 4. The van der Waals surface area contributed by atoms with Crippen LogP contribution in [0.5, 0.6) is 0 Å². The van der Waals surface area contributed by atoms with Gasteiger partial charge in [-0.25, -0.2) is 8.42 Å². The summed E-state index contributed by atoms with van der Waals surface area (Å²) in [6.07, 6.45) is 10.7. The van der Waals surface area contributed by atoms with Crippen LogP contribution in [0.4, 0.5) is 0 Å². The molecule has 0 aliphatic heterocycles. The van der Waals surface area contributed by atoms with Crippen LogP contribution >= 0.6 is 0 Å². The monoisotopic (exact) mass is 392 g/mol. The standard InChI is InChI=1S/C22H32O4S/c1-3-4-13-27(25,26)22(24)12-10-16-15(14-22)5-6-18-17(16)9-11-21(2)19(18)7-8-20(21)23/h10,14,17-19,24H,3-9,11-13H2,1-2H3/t17-,18-,19+,21+,22?/m1/s1. The third-order valence-electron chi connectivity index (χ3n) is 7.98. The second-order valence-electron chi connectivity index (χ2n) is 9.38. The van der Waals surface area contributed by atoms with Gasteiger partial charge in [-0.1, -0.05) is 26.3 Å². The highest BCUT2D eigenvalue weighted by Crippen LogP contribution is 2.60. The first-order valence-corrected chi connectivity index (χ1v) is 12.3. The van der Waals surface area contributed by atoms with Crippen LogP contribution in [-0.2, 0) is 14.6 Å². The van der Waals surface area contributed by atoms with E-state index in [1.54, 1.807) is 6.08 Å². The Morgan fingerprint density at radius 3 is 2.74 bits per heavy atom. The summed E-state index contributed by atoms with van der Waals surface area (Å²) in [7, 11) is -3.57. The summed E-state index contributed by atoms with van der Waals surface area (Å²) in [5.41, 5.74) is 2.17. The van der Waals surface area contributed by atoms with E-state index in [-0.39, 0.29) is 17.6 Å². The fourth-order valence-corrected chi connectivity index (χ4v) is 7.99. The molecule has 4 nitrogen and oxygen atoms in total. The quantitative estimate of drug-likeness (QED) is 0.786. The predicted molar refractivity (Wildman–Crippen MR) is 106 cm³/mol. The van der Waals surface area contributed by atoms with Gasteiger partial charge in [0.1, 0.15) is 5.78 Å². The zero-order valence-corrected chi connectivity index (χ0v) is 17.4. The highest BCUT2D eigenvalue weighted by Gasteiger charge is 2.55. The minimum absolute atomic E-state index is 0.0432. The van der Waals surface area contributed by atoms with Gasteiger partial charge in [0, 0.05) is 18.3 Å². The lowest BCUT2D eigenvalue weighted by atomic mass is 9.54. The van der Waals surface area contributed by atoms with E-state index < -0.39 is 14.8 Å². The molecule has 0 radical (unpaired) electrons. The van der Waals surface area contributed by atoms with Gasteiger partial charge in [0.25, 0.3) is 0 Å². The van der Waals surface area contributed by atoms with Crippen LogP contribution in [0.1, 0.15) is 71.6 Å². The van der Waals surface area contributed by atoms with Crippen LogP contribution < -0.4 is 0 Å². The number of carbonyl (C=O) groups is 1. The summed E-state index contributed by atoms with van der Waals surface area (Å²) in [6.45, 7) is 4.13. The lowest BCUT2D eigenvalue weighted by molar-refractivity contribution is -0.129. The van der Waals surface area contributed by atoms with Crippen LogP contribution in [0.2, 0.25) is 0 Å². The van der Waals surface area contributed by atoms with Gasteiger partial charge in [0.15, 0.2) is 14.8 Å².